The van der Waals surface area contributed by atoms with Crippen LogP contribution in [0, 0.1) is 0 Å². The third-order valence-electron chi connectivity index (χ3n) is 7.13. The fraction of sp³-hybridized carbons (Fsp3) is 0.379. The Morgan fingerprint density at radius 2 is 1.97 bits per heavy atom. The first-order valence-electron chi connectivity index (χ1n) is 13.2. The van der Waals surface area contributed by atoms with Gasteiger partial charge < -0.3 is 31.5 Å². The Bertz CT molecular complexity index is 1430. The summed E-state index contributed by atoms with van der Waals surface area (Å²) in [6, 6.07) is 16.6. The lowest BCUT2D eigenvalue weighted by molar-refractivity contribution is 0.100. The predicted molar refractivity (Wildman–Crippen MR) is 155 cm³/mol. The molecule has 4 aromatic rings. The van der Waals surface area contributed by atoms with Crippen molar-refractivity contribution in [2.45, 2.75) is 44.8 Å². The first kappa shape index (κ1) is 26.2. The standard InChI is InChI=1S/C29H35N5O3S/c1-2-5-20-15-24(33-29-25(20)26(30)27(38-29)28(31)36)34-12-10-21(11-13-34)32-16-22(35)17-37-23-9-8-18-6-3-4-7-19(18)14-23/h3-4,6-9,14-15,21-22,32,35H,2,5,10-13,16-17,30H2,1H3,(H2,31,36). The molecule has 8 nitrogen and oxygen atoms in total. The average molecular weight is 534 g/mol. The molecule has 38 heavy (non-hydrogen) atoms. The van der Waals surface area contributed by atoms with Crippen LogP contribution in [-0.2, 0) is 6.42 Å². The molecule has 1 atom stereocenters. The molecule has 6 N–H and O–H groups in total. The lowest BCUT2D eigenvalue weighted by Crippen LogP contribution is -2.45. The van der Waals surface area contributed by atoms with Crippen molar-refractivity contribution in [3.8, 4) is 5.75 Å². The topological polar surface area (TPSA) is 127 Å². The minimum atomic E-state index is -0.594. The van der Waals surface area contributed by atoms with Gasteiger partial charge in [0.2, 0.25) is 0 Å². The molecular weight excluding hydrogens is 498 g/mol. The number of thiophene rings is 1. The van der Waals surface area contributed by atoms with Crippen LogP contribution in [-0.4, -0.2) is 54.4 Å². The van der Waals surface area contributed by atoms with Gasteiger partial charge in [0.05, 0.1) is 5.69 Å². The third-order valence-corrected chi connectivity index (χ3v) is 8.25. The quantitative estimate of drug-likeness (QED) is 0.242. The highest BCUT2D eigenvalue weighted by atomic mass is 32.1. The van der Waals surface area contributed by atoms with Crippen molar-refractivity contribution < 1.29 is 14.6 Å². The summed E-state index contributed by atoms with van der Waals surface area (Å²) >= 11 is 1.28. The van der Waals surface area contributed by atoms with Crippen LogP contribution < -0.4 is 26.4 Å². The maximum Gasteiger partial charge on any atom is 0.260 e. The average Bonchev–Trinajstić information content (AvgIpc) is 3.27. The number of nitrogens with zero attached hydrogens (tertiary/aromatic N) is 2. The van der Waals surface area contributed by atoms with Gasteiger partial charge in [-0.2, -0.15) is 0 Å². The van der Waals surface area contributed by atoms with E-state index < -0.39 is 12.0 Å². The summed E-state index contributed by atoms with van der Waals surface area (Å²) in [6.07, 6.45) is 3.13. The van der Waals surface area contributed by atoms with Gasteiger partial charge >= 0.3 is 0 Å². The van der Waals surface area contributed by atoms with Crippen molar-refractivity contribution in [2.24, 2.45) is 5.73 Å². The number of pyridine rings is 1. The minimum absolute atomic E-state index is 0.242. The zero-order valence-corrected chi connectivity index (χ0v) is 22.5. The molecule has 0 saturated carbocycles. The first-order valence-corrected chi connectivity index (χ1v) is 14.0. The number of nitrogen functional groups attached to an aromatic ring is 1. The zero-order valence-electron chi connectivity index (χ0n) is 21.7. The van der Waals surface area contributed by atoms with E-state index in [9.17, 15) is 9.90 Å². The van der Waals surface area contributed by atoms with Crippen molar-refractivity contribution in [2.75, 3.05) is 36.9 Å². The number of rotatable bonds is 10. The SMILES string of the molecule is CCCc1cc(N2CCC(NCC(O)COc3ccc4ccccc4c3)CC2)nc2sc(C(N)=O)c(N)c12. The highest BCUT2D eigenvalue weighted by Gasteiger charge is 2.24. The van der Waals surface area contributed by atoms with E-state index >= 15 is 0 Å². The largest absolute Gasteiger partial charge is 0.491 e. The molecule has 1 aliphatic rings. The van der Waals surface area contributed by atoms with Crippen molar-refractivity contribution in [1.29, 1.82) is 0 Å². The van der Waals surface area contributed by atoms with Crippen LogP contribution in [0.2, 0.25) is 0 Å². The van der Waals surface area contributed by atoms with Crippen LogP contribution in [0.4, 0.5) is 11.5 Å². The molecule has 200 valence electrons. The van der Waals surface area contributed by atoms with Crippen LogP contribution in [0.15, 0.2) is 48.5 Å². The van der Waals surface area contributed by atoms with E-state index in [2.05, 4.69) is 35.3 Å². The molecule has 2 aromatic heterocycles. The number of hydrogen-bond donors (Lipinski definition) is 4. The van der Waals surface area contributed by atoms with Crippen molar-refractivity contribution in [3.63, 3.8) is 0 Å². The van der Waals surface area contributed by atoms with Gasteiger partial charge in [-0.3, -0.25) is 4.79 Å². The van der Waals surface area contributed by atoms with Gasteiger partial charge in [0.1, 0.15) is 34.0 Å². The van der Waals surface area contributed by atoms with Gasteiger partial charge in [-0.15, -0.1) is 11.3 Å². The van der Waals surface area contributed by atoms with Crippen molar-refractivity contribution in [3.05, 3.63) is 59.0 Å². The lowest BCUT2D eigenvalue weighted by atomic mass is 10.0. The van der Waals surface area contributed by atoms with E-state index in [-0.39, 0.29) is 6.61 Å². The molecule has 1 saturated heterocycles. The summed E-state index contributed by atoms with van der Waals surface area (Å²) in [7, 11) is 0. The Kier molecular flexibility index (Phi) is 7.97. The number of piperidine rings is 1. The molecule has 0 aliphatic carbocycles. The van der Waals surface area contributed by atoms with E-state index in [1.54, 1.807) is 0 Å². The molecule has 5 rings (SSSR count). The number of benzene rings is 2. The van der Waals surface area contributed by atoms with Gasteiger partial charge in [0.15, 0.2) is 0 Å². The maximum atomic E-state index is 11.8. The number of aryl methyl sites for hydroxylation is 1. The van der Waals surface area contributed by atoms with E-state index in [0.29, 0.717) is 23.2 Å². The number of primary amides is 1. The number of hydrogen-bond acceptors (Lipinski definition) is 8. The monoisotopic (exact) mass is 533 g/mol. The number of carbonyl (C=O) groups excluding carboxylic acids is 1. The number of anilines is 2. The van der Waals surface area contributed by atoms with Gasteiger partial charge in [0, 0.05) is 31.1 Å². The molecule has 1 fully saturated rings. The summed E-state index contributed by atoms with van der Waals surface area (Å²) in [5, 5.41) is 17.1. The molecule has 1 aliphatic heterocycles. The Labute approximate surface area is 226 Å². The van der Waals surface area contributed by atoms with Crippen molar-refractivity contribution >= 4 is 49.7 Å². The second-order valence-electron chi connectivity index (χ2n) is 9.92. The van der Waals surface area contributed by atoms with Crippen molar-refractivity contribution in [1.82, 2.24) is 10.3 Å². The summed E-state index contributed by atoms with van der Waals surface area (Å²) in [5.74, 6) is 1.17. The number of nitrogens with two attached hydrogens (primary N) is 2. The van der Waals surface area contributed by atoms with E-state index in [1.165, 1.54) is 16.7 Å². The first-order chi connectivity index (χ1) is 18.4. The van der Waals surface area contributed by atoms with Gasteiger partial charge in [-0.1, -0.05) is 43.7 Å². The van der Waals surface area contributed by atoms with E-state index in [1.807, 2.05) is 30.3 Å². The highest BCUT2D eigenvalue weighted by Crippen LogP contribution is 2.37. The minimum Gasteiger partial charge on any atom is -0.491 e. The number of fused-ring (bicyclic) bond motifs is 2. The fourth-order valence-corrected chi connectivity index (χ4v) is 6.11. The zero-order chi connectivity index (χ0) is 26.6. The van der Waals surface area contributed by atoms with Gasteiger partial charge in [-0.25, -0.2) is 4.98 Å². The molecule has 2 aromatic carbocycles. The molecule has 9 heteroatoms. The number of nitrogens with one attached hydrogen (secondary N) is 1. The number of aliphatic hydroxyl groups is 1. The normalized spacial score (nSPS) is 15.3. The number of aliphatic hydroxyl groups excluding tert-OH is 1. The molecule has 0 bridgehead atoms. The van der Waals surface area contributed by atoms with E-state index in [0.717, 1.165) is 71.5 Å². The number of amides is 1. The van der Waals surface area contributed by atoms with Crippen LogP contribution in [0.25, 0.3) is 21.0 Å². The molecule has 3 heterocycles. The Balaban J connectivity index is 1.14. The Hall–Kier alpha value is -3.40. The number of ether oxygens (including phenoxy) is 1. The number of carbonyl (C=O) groups is 1. The Morgan fingerprint density at radius 3 is 2.71 bits per heavy atom. The smallest absolute Gasteiger partial charge is 0.260 e. The highest BCUT2D eigenvalue weighted by molar-refractivity contribution is 7.21. The van der Waals surface area contributed by atoms with Gasteiger partial charge in [0.25, 0.3) is 5.91 Å². The van der Waals surface area contributed by atoms with Gasteiger partial charge in [-0.05, 0) is 53.8 Å². The van der Waals surface area contributed by atoms with Crippen LogP contribution in [0.3, 0.4) is 0 Å². The van der Waals surface area contributed by atoms with Crippen LogP contribution in [0.1, 0.15) is 41.4 Å². The summed E-state index contributed by atoms with van der Waals surface area (Å²) in [4.78, 5) is 20.1. The van der Waals surface area contributed by atoms with Crippen LogP contribution in [0.5, 0.6) is 5.75 Å². The molecular formula is C29H35N5O3S. The lowest BCUT2D eigenvalue weighted by Gasteiger charge is -2.34. The second kappa shape index (κ2) is 11.6. The molecule has 1 unspecified atom stereocenters. The Morgan fingerprint density at radius 1 is 1.21 bits per heavy atom. The fourth-order valence-electron chi connectivity index (χ4n) is 5.12. The summed E-state index contributed by atoms with van der Waals surface area (Å²) in [6.45, 7) is 4.56. The third kappa shape index (κ3) is 5.70. The second-order valence-corrected chi connectivity index (χ2v) is 10.9. The maximum absolute atomic E-state index is 11.8. The predicted octanol–water partition coefficient (Wildman–Crippen LogP) is 4.08. The van der Waals surface area contributed by atoms with E-state index in [4.69, 9.17) is 21.2 Å². The number of aromatic nitrogens is 1. The summed E-state index contributed by atoms with van der Waals surface area (Å²) < 4.78 is 5.84. The van der Waals surface area contributed by atoms with Crippen LogP contribution >= 0.6 is 11.3 Å². The molecule has 0 spiro atoms. The molecule has 0 radical (unpaired) electrons. The summed E-state index contributed by atoms with van der Waals surface area (Å²) in [5.41, 5.74) is 13.4. The molecule has 1 amide bonds.